The maximum absolute atomic E-state index is 12.2. The molecule has 1 aromatic carbocycles. The van der Waals surface area contributed by atoms with Crippen molar-refractivity contribution in [3.05, 3.63) is 28.8 Å². The third-order valence-corrected chi connectivity index (χ3v) is 3.91. The van der Waals surface area contributed by atoms with Crippen LogP contribution in [-0.2, 0) is 4.79 Å². The van der Waals surface area contributed by atoms with E-state index in [9.17, 15) is 9.59 Å². The van der Waals surface area contributed by atoms with Crippen molar-refractivity contribution in [1.29, 1.82) is 0 Å². The second-order valence-electron chi connectivity index (χ2n) is 5.17. The molecule has 2 atom stereocenters. The second kappa shape index (κ2) is 7.64. The number of carbonyl (C=O) groups excluding carboxylic acids is 2. The Labute approximate surface area is 134 Å². The lowest BCUT2D eigenvalue weighted by molar-refractivity contribution is -0.120. The first-order valence-corrected chi connectivity index (χ1v) is 7.01. The van der Waals surface area contributed by atoms with Gasteiger partial charge in [0.05, 0.1) is 10.6 Å². The molecule has 1 fully saturated rings. The van der Waals surface area contributed by atoms with E-state index in [-0.39, 0.29) is 40.9 Å². The van der Waals surface area contributed by atoms with Gasteiger partial charge in [0.25, 0.3) is 0 Å². The number of hydrogen-bond acceptors (Lipinski definition) is 3. The smallest absolute Gasteiger partial charge is 0.250 e. The monoisotopic (exact) mass is 331 g/mol. The number of nitrogens with one attached hydrogen (secondary N) is 1. The number of anilines is 1. The molecule has 0 aromatic heterocycles. The van der Waals surface area contributed by atoms with Crippen LogP contribution in [0.25, 0.3) is 0 Å². The summed E-state index contributed by atoms with van der Waals surface area (Å²) in [6, 6.07) is 4.77. The summed E-state index contributed by atoms with van der Waals surface area (Å²) in [7, 11) is 0. The van der Waals surface area contributed by atoms with Crippen molar-refractivity contribution in [3.8, 4) is 0 Å². The van der Waals surface area contributed by atoms with Crippen LogP contribution in [0.5, 0.6) is 0 Å². The van der Waals surface area contributed by atoms with E-state index in [1.54, 1.807) is 12.1 Å². The van der Waals surface area contributed by atoms with Gasteiger partial charge in [-0.2, -0.15) is 0 Å². The molecule has 1 aromatic rings. The molecular weight excluding hydrogens is 313 g/mol. The number of carbonyl (C=O) groups is 2. The lowest BCUT2D eigenvalue weighted by Gasteiger charge is -2.25. The van der Waals surface area contributed by atoms with E-state index in [0.717, 1.165) is 19.3 Å². The molecule has 2 rings (SSSR count). The van der Waals surface area contributed by atoms with Gasteiger partial charge < -0.3 is 16.8 Å². The summed E-state index contributed by atoms with van der Waals surface area (Å²) in [5.74, 6) is -0.768. The van der Waals surface area contributed by atoms with Crippen molar-refractivity contribution in [3.63, 3.8) is 0 Å². The van der Waals surface area contributed by atoms with Gasteiger partial charge in [0, 0.05) is 17.6 Å². The summed E-state index contributed by atoms with van der Waals surface area (Å²) >= 11 is 5.87. The van der Waals surface area contributed by atoms with Crippen LogP contribution >= 0.6 is 24.0 Å². The van der Waals surface area contributed by atoms with Gasteiger partial charge in [-0.05, 0) is 37.5 Å². The maximum Gasteiger partial charge on any atom is 0.250 e. The van der Waals surface area contributed by atoms with E-state index in [4.69, 9.17) is 23.1 Å². The molecule has 0 aliphatic heterocycles. The Hall–Kier alpha value is -1.30. The van der Waals surface area contributed by atoms with Crippen LogP contribution in [0.4, 0.5) is 5.69 Å². The zero-order valence-corrected chi connectivity index (χ0v) is 13.0. The zero-order valence-electron chi connectivity index (χ0n) is 11.5. The first-order valence-electron chi connectivity index (χ1n) is 6.63. The van der Waals surface area contributed by atoms with Crippen molar-refractivity contribution in [2.45, 2.75) is 31.7 Å². The highest BCUT2D eigenvalue weighted by Gasteiger charge is 2.25. The highest BCUT2D eigenvalue weighted by Crippen LogP contribution is 2.25. The quantitative estimate of drug-likeness (QED) is 0.792. The fraction of sp³-hybridized carbons (Fsp3) is 0.429. The average molecular weight is 332 g/mol. The highest BCUT2D eigenvalue weighted by molar-refractivity contribution is 6.34. The second-order valence-corrected chi connectivity index (χ2v) is 5.58. The first kappa shape index (κ1) is 17.8. The van der Waals surface area contributed by atoms with Crippen LogP contribution in [0.3, 0.4) is 0 Å². The molecule has 0 radical (unpaired) electrons. The lowest BCUT2D eigenvalue weighted by Crippen LogP contribution is -2.34. The Morgan fingerprint density at radius 2 is 2.00 bits per heavy atom. The molecule has 21 heavy (non-hydrogen) atoms. The normalized spacial score (nSPS) is 21.2. The van der Waals surface area contributed by atoms with Crippen LogP contribution in [-0.4, -0.2) is 17.9 Å². The van der Waals surface area contributed by atoms with Crippen molar-refractivity contribution in [1.82, 2.24) is 0 Å². The van der Waals surface area contributed by atoms with Crippen LogP contribution in [0.15, 0.2) is 18.2 Å². The van der Waals surface area contributed by atoms with E-state index in [2.05, 4.69) is 5.32 Å². The van der Waals surface area contributed by atoms with Crippen LogP contribution in [0, 0.1) is 5.92 Å². The van der Waals surface area contributed by atoms with Gasteiger partial charge in [0.2, 0.25) is 11.8 Å². The van der Waals surface area contributed by atoms with E-state index in [1.807, 2.05) is 0 Å². The summed E-state index contributed by atoms with van der Waals surface area (Å²) in [6.45, 7) is 0. The fourth-order valence-electron chi connectivity index (χ4n) is 2.50. The summed E-state index contributed by atoms with van der Waals surface area (Å²) in [5.41, 5.74) is 11.8. The van der Waals surface area contributed by atoms with Gasteiger partial charge in [-0.25, -0.2) is 0 Å². The number of benzene rings is 1. The van der Waals surface area contributed by atoms with Crippen LogP contribution in [0.2, 0.25) is 5.02 Å². The predicted molar refractivity (Wildman–Crippen MR) is 85.8 cm³/mol. The number of halogens is 2. The summed E-state index contributed by atoms with van der Waals surface area (Å²) < 4.78 is 0. The van der Waals surface area contributed by atoms with E-state index < -0.39 is 5.91 Å². The number of nitrogens with two attached hydrogens (primary N) is 2. The van der Waals surface area contributed by atoms with Crippen LogP contribution < -0.4 is 16.8 Å². The molecule has 1 aliphatic carbocycles. The van der Waals surface area contributed by atoms with Crippen molar-refractivity contribution >= 4 is 41.5 Å². The molecule has 116 valence electrons. The first-order chi connectivity index (χ1) is 9.47. The van der Waals surface area contributed by atoms with Gasteiger partial charge in [-0.1, -0.05) is 18.0 Å². The van der Waals surface area contributed by atoms with E-state index in [1.165, 1.54) is 6.07 Å². The Bertz CT molecular complexity index is 537. The molecule has 1 saturated carbocycles. The number of primary amides is 1. The van der Waals surface area contributed by atoms with Gasteiger partial charge >= 0.3 is 0 Å². The molecule has 0 saturated heterocycles. The highest BCUT2D eigenvalue weighted by atomic mass is 35.5. The largest absolute Gasteiger partial charge is 0.366 e. The SMILES string of the molecule is Cl.NC(=O)c1cc(NC(=O)C2CCCC(N)C2)ccc1Cl. The molecular formula is C14H19Cl2N3O2. The van der Waals surface area contributed by atoms with Crippen LogP contribution in [0.1, 0.15) is 36.0 Å². The molecule has 5 N–H and O–H groups in total. The van der Waals surface area contributed by atoms with Gasteiger partial charge in [-0.15, -0.1) is 12.4 Å². The molecule has 0 heterocycles. The minimum atomic E-state index is -0.620. The topological polar surface area (TPSA) is 98.2 Å². The molecule has 2 unspecified atom stereocenters. The van der Waals surface area contributed by atoms with Gasteiger partial charge in [0.15, 0.2) is 0 Å². The number of rotatable bonds is 3. The summed E-state index contributed by atoms with van der Waals surface area (Å²) in [5, 5.41) is 3.07. The fourth-order valence-corrected chi connectivity index (χ4v) is 2.71. The number of amides is 2. The standard InChI is InChI=1S/C14H18ClN3O2.ClH/c15-12-5-4-10(7-11(12)13(17)19)18-14(20)8-2-1-3-9(16)6-8;/h4-5,7-9H,1-3,6,16H2,(H2,17,19)(H,18,20);1H. The zero-order chi connectivity index (χ0) is 14.7. The average Bonchev–Trinajstić information content (AvgIpc) is 2.40. The van der Waals surface area contributed by atoms with E-state index >= 15 is 0 Å². The minimum Gasteiger partial charge on any atom is -0.366 e. The Morgan fingerprint density at radius 3 is 2.62 bits per heavy atom. The maximum atomic E-state index is 12.2. The van der Waals surface area contributed by atoms with Crippen molar-refractivity contribution in [2.24, 2.45) is 17.4 Å². The number of hydrogen-bond donors (Lipinski definition) is 3. The minimum absolute atomic E-state index is 0. The van der Waals surface area contributed by atoms with Crippen molar-refractivity contribution in [2.75, 3.05) is 5.32 Å². The van der Waals surface area contributed by atoms with Gasteiger partial charge in [-0.3, -0.25) is 9.59 Å². The Kier molecular flexibility index (Phi) is 6.45. The van der Waals surface area contributed by atoms with Gasteiger partial charge in [0.1, 0.15) is 0 Å². The van der Waals surface area contributed by atoms with E-state index in [0.29, 0.717) is 12.1 Å². The molecule has 5 nitrogen and oxygen atoms in total. The molecule has 1 aliphatic rings. The molecule has 0 bridgehead atoms. The molecule has 2 amide bonds. The summed E-state index contributed by atoms with van der Waals surface area (Å²) in [4.78, 5) is 23.4. The predicted octanol–water partition coefficient (Wildman–Crippen LogP) is 2.32. The molecule has 0 spiro atoms. The third-order valence-electron chi connectivity index (χ3n) is 3.58. The van der Waals surface area contributed by atoms with Crippen molar-refractivity contribution < 1.29 is 9.59 Å². The Balaban J connectivity index is 0.00000220. The third kappa shape index (κ3) is 4.59. The molecule has 7 heteroatoms. The summed E-state index contributed by atoms with van der Waals surface area (Å²) in [6.07, 6.45) is 3.47. The lowest BCUT2D eigenvalue weighted by atomic mass is 9.85. The Morgan fingerprint density at radius 1 is 1.29 bits per heavy atom.